The lowest BCUT2D eigenvalue weighted by Crippen LogP contribution is -2.39. The Morgan fingerprint density at radius 2 is 2.25 bits per heavy atom. The zero-order chi connectivity index (χ0) is 9.14. The third kappa shape index (κ3) is 2.21. The van der Waals surface area contributed by atoms with E-state index in [-0.39, 0.29) is 5.91 Å². The molecule has 3 heteroatoms. The summed E-state index contributed by atoms with van der Waals surface area (Å²) in [4.78, 5) is 15.5. The van der Waals surface area contributed by atoms with Crippen molar-refractivity contribution in [3.63, 3.8) is 0 Å². The molecule has 0 aromatic rings. The largest absolute Gasteiger partial charge is 0.339 e. The van der Waals surface area contributed by atoms with Crippen LogP contribution in [0.5, 0.6) is 0 Å². The molecule has 1 unspecified atom stereocenters. The number of hydrogen-bond donors (Lipinski definition) is 0. The number of rotatable bonds is 2. The van der Waals surface area contributed by atoms with Gasteiger partial charge in [0.25, 0.3) is 0 Å². The van der Waals surface area contributed by atoms with Crippen LogP contribution < -0.4 is 0 Å². The molecule has 1 saturated heterocycles. The summed E-state index contributed by atoms with van der Waals surface area (Å²) in [6.45, 7) is 3.62. The van der Waals surface area contributed by atoms with Crippen molar-refractivity contribution in [3.8, 4) is 0 Å². The van der Waals surface area contributed by atoms with E-state index < -0.39 is 0 Å². The summed E-state index contributed by atoms with van der Waals surface area (Å²) < 4.78 is 0. The molecule has 0 aromatic carbocycles. The van der Waals surface area contributed by atoms with Crippen LogP contribution in [0.2, 0.25) is 0 Å². The quantitative estimate of drug-likeness (QED) is 0.604. The summed E-state index contributed by atoms with van der Waals surface area (Å²) in [6.07, 6.45) is 2.33. The maximum atomic E-state index is 11.6. The number of likely N-dealkylation sites (N-methyl/N-ethyl adjacent to an activating group) is 1. The molecule has 1 amide bonds. The molecule has 0 radical (unpaired) electrons. The Hall–Kier alpha value is -0.570. The fraction of sp³-hybridized carbons (Fsp3) is 0.889. The molecule has 1 heterocycles. The van der Waals surface area contributed by atoms with Gasteiger partial charge in [0.1, 0.15) is 0 Å². The second-order valence-corrected chi connectivity index (χ2v) is 3.82. The van der Waals surface area contributed by atoms with E-state index in [1.54, 1.807) is 0 Å². The number of nitrogens with zero attached hydrogens (tertiary/aromatic N) is 2. The summed E-state index contributed by atoms with van der Waals surface area (Å²) in [5.74, 6) is 0.269. The molecule has 0 spiro atoms. The summed E-state index contributed by atoms with van der Waals surface area (Å²) in [6, 6.07) is 0.456. The summed E-state index contributed by atoms with van der Waals surface area (Å²) in [5, 5.41) is 0. The molecule has 70 valence electrons. The number of amides is 1. The van der Waals surface area contributed by atoms with Crippen LogP contribution in [0.15, 0.2) is 0 Å². The minimum absolute atomic E-state index is 0.269. The van der Waals surface area contributed by atoms with Crippen molar-refractivity contribution in [1.29, 1.82) is 0 Å². The van der Waals surface area contributed by atoms with Gasteiger partial charge in [-0.05, 0) is 33.9 Å². The van der Waals surface area contributed by atoms with E-state index in [1.807, 2.05) is 23.9 Å². The Balaban J connectivity index is 2.41. The Labute approximate surface area is 74.3 Å². The molecule has 0 N–H and O–H groups in total. The van der Waals surface area contributed by atoms with Crippen molar-refractivity contribution in [2.24, 2.45) is 0 Å². The fourth-order valence-corrected chi connectivity index (χ4v) is 1.67. The topological polar surface area (TPSA) is 23.6 Å². The maximum Gasteiger partial charge on any atom is 0.236 e. The minimum atomic E-state index is 0.269. The monoisotopic (exact) mass is 170 g/mol. The van der Waals surface area contributed by atoms with Crippen LogP contribution in [-0.4, -0.2) is 48.9 Å². The highest BCUT2D eigenvalue weighted by Gasteiger charge is 2.24. The van der Waals surface area contributed by atoms with Gasteiger partial charge in [-0.15, -0.1) is 0 Å². The second kappa shape index (κ2) is 3.90. The van der Waals surface area contributed by atoms with Gasteiger partial charge in [-0.2, -0.15) is 0 Å². The van der Waals surface area contributed by atoms with E-state index in [9.17, 15) is 4.79 Å². The molecule has 1 rings (SSSR count). The fourth-order valence-electron chi connectivity index (χ4n) is 1.67. The first-order chi connectivity index (χ1) is 5.61. The lowest BCUT2D eigenvalue weighted by Gasteiger charge is -2.23. The van der Waals surface area contributed by atoms with Crippen LogP contribution in [0, 0.1) is 0 Å². The van der Waals surface area contributed by atoms with Crippen LogP contribution in [0.4, 0.5) is 0 Å². The molecule has 0 saturated carbocycles. The normalized spacial score (nSPS) is 23.7. The van der Waals surface area contributed by atoms with Crippen molar-refractivity contribution in [1.82, 2.24) is 9.80 Å². The summed E-state index contributed by atoms with van der Waals surface area (Å²) in [7, 11) is 3.86. The standard InChI is InChI=1S/C9H18N2O/c1-8-5-4-6-11(8)9(12)7-10(2)3/h8H,4-7H2,1-3H3. The Kier molecular flexibility index (Phi) is 3.09. The molecular formula is C9H18N2O. The molecule has 1 aliphatic rings. The Bertz CT molecular complexity index is 168. The molecule has 1 fully saturated rings. The third-order valence-electron chi connectivity index (χ3n) is 2.32. The van der Waals surface area contributed by atoms with Crippen molar-refractivity contribution in [2.45, 2.75) is 25.8 Å². The highest BCUT2D eigenvalue weighted by molar-refractivity contribution is 5.78. The molecule has 3 nitrogen and oxygen atoms in total. The molecule has 0 bridgehead atoms. The SMILES string of the molecule is CC1CCCN1C(=O)CN(C)C. The number of carbonyl (C=O) groups excluding carboxylic acids is 1. The smallest absolute Gasteiger partial charge is 0.236 e. The van der Waals surface area contributed by atoms with E-state index >= 15 is 0 Å². The van der Waals surface area contributed by atoms with Gasteiger partial charge in [0.15, 0.2) is 0 Å². The van der Waals surface area contributed by atoms with Crippen molar-refractivity contribution >= 4 is 5.91 Å². The van der Waals surface area contributed by atoms with Gasteiger partial charge < -0.3 is 9.80 Å². The average Bonchev–Trinajstić information content (AvgIpc) is 2.33. The summed E-state index contributed by atoms with van der Waals surface area (Å²) >= 11 is 0. The van der Waals surface area contributed by atoms with Crippen molar-refractivity contribution < 1.29 is 4.79 Å². The van der Waals surface area contributed by atoms with Gasteiger partial charge in [0.05, 0.1) is 6.54 Å². The molecule has 0 aromatic heterocycles. The number of likely N-dealkylation sites (tertiary alicyclic amines) is 1. The van der Waals surface area contributed by atoms with Gasteiger partial charge in [0.2, 0.25) is 5.91 Å². The zero-order valence-corrected chi connectivity index (χ0v) is 8.21. The van der Waals surface area contributed by atoms with E-state index in [2.05, 4.69) is 6.92 Å². The second-order valence-electron chi connectivity index (χ2n) is 3.82. The first kappa shape index (κ1) is 9.52. The Morgan fingerprint density at radius 1 is 1.58 bits per heavy atom. The molecular weight excluding hydrogens is 152 g/mol. The minimum Gasteiger partial charge on any atom is -0.339 e. The number of carbonyl (C=O) groups is 1. The first-order valence-corrected chi connectivity index (χ1v) is 4.55. The third-order valence-corrected chi connectivity index (χ3v) is 2.32. The van der Waals surface area contributed by atoms with Gasteiger partial charge >= 0.3 is 0 Å². The highest BCUT2D eigenvalue weighted by Crippen LogP contribution is 2.16. The zero-order valence-electron chi connectivity index (χ0n) is 8.21. The van der Waals surface area contributed by atoms with Crippen LogP contribution in [0.25, 0.3) is 0 Å². The van der Waals surface area contributed by atoms with E-state index in [0.717, 1.165) is 6.54 Å². The highest BCUT2D eigenvalue weighted by atomic mass is 16.2. The molecule has 0 aliphatic carbocycles. The first-order valence-electron chi connectivity index (χ1n) is 4.55. The van der Waals surface area contributed by atoms with Crippen LogP contribution in [-0.2, 0) is 4.79 Å². The van der Waals surface area contributed by atoms with Crippen LogP contribution >= 0.6 is 0 Å². The Morgan fingerprint density at radius 3 is 2.67 bits per heavy atom. The van der Waals surface area contributed by atoms with Gasteiger partial charge in [0, 0.05) is 12.6 Å². The predicted octanol–water partition coefficient (Wildman–Crippen LogP) is 0.559. The van der Waals surface area contributed by atoms with E-state index in [4.69, 9.17) is 0 Å². The predicted molar refractivity (Wildman–Crippen MR) is 49.0 cm³/mol. The molecule has 12 heavy (non-hydrogen) atoms. The number of hydrogen-bond acceptors (Lipinski definition) is 2. The van der Waals surface area contributed by atoms with Crippen LogP contribution in [0.3, 0.4) is 0 Å². The average molecular weight is 170 g/mol. The summed E-state index contributed by atoms with van der Waals surface area (Å²) in [5.41, 5.74) is 0. The maximum absolute atomic E-state index is 11.6. The van der Waals surface area contributed by atoms with Gasteiger partial charge in [-0.3, -0.25) is 4.79 Å². The van der Waals surface area contributed by atoms with Crippen molar-refractivity contribution in [3.05, 3.63) is 0 Å². The van der Waals surface area contributed by atoms with Gasteiger partial charge in [-0.1, -0.05) is 0 Å². The van der Waals surface area contributed by atoms with E-state index in [0.29, 0.717) is 12.6 Å². The van der Waals surface area contributed by atoms with E-state index in [1.165, 1.54) is 12.8 Å². The lowest BCUT2D eigenvalue weighted by atomic mass is 10.2. The molecule has 1 aliphatic heterocycles. The lowest BCUT2D eigenvalue weighted by molar-refractivity contribution is -0.132. The molecule has 1 atom stereocenters. The van der Waals surface area contributed by atoms with Crippen molar-refractivity contribution in [2.75, 3.05) is 27.2 Å². The van der Waals surface area contributed by atoms with Gasteiger partial charge in [-0.25, -0.2) is 0 Å². The van der Waals surface area contributed by atoms with Crippen LogP contribution in [0.1, 0.15) is 19.8 Å².